The van der Waals surface area contributed by atoms with E-state index in [2.05, 4.69) is 69.4 Å². The van der Waals surface area contributed by atoms with E-state index in [4.69, 9.17) is 4.74 Å². The second-order valence-corrected chi connectivity index (χ2v) is 10.7. The molecule has 4 rings (SSSR count). The number of amides is 2. The van der Waals surface area contributed by atoms with Crippen LogP contribution in [0.5, 0.6) is 5.75 Å². The number of fused-ring (bicyclic) bond motifs is 1. The number of ether oxygens (including phenoxy) is 1. The number of benzene rings is 3. The van der Waals surface area contributed by atoms with Crippen molar-refractivity contribution in [2.45, 2.75) is 26.5 Å². The van der Waals surface area contributed by atoms with Crippen molar-refractivity contribution in [3.8, 4) is 5.75 Å². The number of hydrogen-bond acceptors (Lipinski definition) is 4. The van der Waals surface area contributed by atoms with Gasteiger partial charge in [0, 0.05) is 6.04 Å². The molecule has 0 radical (unpaired) electrons. The van der Waals surface area contributed by atoms with Gasteiger partial charge in [-0.1, -0.05) is 42.5 Å². The van der Waals surface area contributed by atoms with Crippen molar-refractivity contribution in [1.82, 2.24) is 4.90 Å². The Hall–Kier alpha value is -1.59. The number of hydrogen-bond donors (Lipinski definition) is 0. The quantitative estimate of drug-likeness (QED) is 0.218. The Morgan fingerprint density at radius 1 is 1.03 bits per heavy atom. The number of nitrogens with zero attached hydrogens (tertiary/aromatic N) is 1. The molecule has 1 heterocycles. The van der Waals surface area contributed by atoms with Crippen LogP contribution in [0.3, 0.4) is 0 Å². The molecule has 3 aromatic carbocycles. The summed E-state index contributed by atoms with van der Waals surface area (Å²) < 4.78 is 8.12. The summed E-state index contributed by atoms with van der Waals surface area (Å²) in [6, 6.07) is 18.3. The Morgan fingerprint density at radius 3 is 2.39 bits per heavy atom. The molecule has 7 heteroatoms. The van der Waals surface area contributed by atoms with Gasteiger partial charge in [0.1, 0.15) is 12.4 Å². The third kappa shape index (κ3) is 4.78. The lowest BCUT2D eigenvalue weighted by Crippen LogP contribution is -2.34. The molecular weight excluding hydrogens is 636 g/mol. The summed E-state index contributed by atoms with van der Waals surface area (Å²) in [6.45, 7) is 4.15. The van der Waals surface area contributed by atoms with Gasteiger partial charge in [0.05, 0.1) is 12.0 Å². The maximum atomic E-state index is 12.6. The van der Waals surface area contributed by atoms with E-state index in [1.807, 2.05) is 44.2 Å². The molecule has 1 saturated heterocycles. The molecule has 0 N–H and O–H groups in total. The first-order chi connectivity index (χ1) is 14.8. The van der Waals surface area contributed by atoms with Crippen LogP contribution in [0.4, 0.5) is 4.79 Å². The topological polar surface area (TPSA) is 46.6 Å². The lowest BCUT2D eigenvalue weighted by Gasteiger charge is -2.16. The van der Waals surface area contributed by atoms with Crippen LogP contribution in [-0.2, 0) is 11.4 Å². The van der Waals surface area contributed by atoms with Crippen LogP contribution < -0.4 is 4.74 Å². The standard InChI is InChI=1S/C24H19I2NO3S/c1-14(2)27-23(28)21(31-24(27)29)12-15-10-19(25)22(20(26)11-15)30-13-17-8-5-7-16-6-3-4-9-18(16)17/h3-12,14H,13H2,1-2H3/b21-12+. The van der Waals surface area contributed by atoms with Crippen molar-refractivity contribution in [1.29, 1.82) is 0 Å². The second-order valence-electron chi connectivity index (χ2n) is 7.39. The van der Waals surface area contributed by atoms with Gasteiger partial charge >= 0.3 is 0 Å². The molecule has 2 amide bonds. The van der Waals surface area contributed by atoms with Crippen molar-refractivity contribution < 1.29 is 14.3 Å². The first-order valence-electron chi connectivity index (χ1n) is 9.70. The average molecular weight is 655 g/mol. The smallest absolute Gasteiger partial charge is 0.293 e. The highest BCUT2D eigenvalue weighted by Gasteiger charge is 2.36. The molecular formula is C24H19I2NO3S. The Balaban J connectivity index is 1.57. The summed E-state index contributed by atoms with van der Waals surface area (Å²) >= 11 is 5.50. The summed E-state index contributed by atoms with van der Waals surface area (Å²) in [4.78, 5) is 26.4. The zero-order valence-electron chi connectivity index (χ0n) is 16.9. The highest BCUT2D eigenvalue weighted by Crippen LogP contribution is 2.36. The van der Waals surface area contributed by atoms with Gasteiger partial charge in [-0.15, -0.1) is 0 Å². The predicted molar refractivity (Wildman–Crippen MR) is 143 cm³/mol. The summed E-state index contributed by atoms with van der Waals surface area (Å²) in [5.74, 6) is 0.591. The van der Waals surface area contributed by atoms with Crippen LogP contribution >= 0.6 is 56.9 Å². The zero-order valence-corrected chi connectivity index (χ0v) is 22.0. The molecule has 158 valence electrons. The molecule has 1 fully saturated rings. The highest BCUT2D eigenvalue weighted by molar-refractivity contribution is 14.1. The van der Waals surface area contributed by atoms with Crippen LogP contribution in [0.1, 0.15) is 25.0 Å². The zero-order chi connectivity index (χ0) is 22.1. The lowest BCUT2D eigenvalue weighted by molar-refractivity contribution is -0.123. The molecule has 0 aliphatic carbocycles. The molecule has 0 aromatic heterocycles. The molecule has 0 unspecified atom stereocenters. The third-order valence-corrected chi connectivity index (χ3v) is 7.40. The first-order valence-corrected chi connectivity index (χ1v) is 12.7. The number of imide groups is 1. The normalized spacial score (nSPS) is 15.5. The SMILES string of the molecule is CC(C)N1C(=O)S/C(=C/c2cc(I)c(OCc3cccc4ccccc34)c(I)c2)C1=O. The van der Waals surface area contributed by atoms with Gasteiger partial charge in [-0.2, -0.15) is 0 Å². The summed E-state index contributed by atoms with van der Waals surface area (Å²) in [5.41, 5.74) is 2.01. The van der Waals surface area contributed by atoms with E-state index in [0.717, 1.165) is 35.8 Å². The van der Waals surface area contributed by atoms with Crippen LogP contribution in [0.15, 0.2) is 59.5 Å². The van der Waals surface area contributed by atoms with E-state index < -0.39 is 0 Å². The van der Waals surface area contributed by atoms with Gasteiger partial charge in [-0.3, -0.25) is 14.5 Å². The minimum Gasteiger partial charge on any atom is -0.487 e. The Bertz CT molecular complexity index is 1190. The average Bonchev–Trinajstić information content (AvgIpc) is 3.00. The summed E-state index contributed by atoms with van der Waals surface area (Å²) in [6.07, 6.45) is 1.78. The molecule has 1 aliphatic heterocycles. The van der Waals surface area contributed by atoms with Crippen LogP contribution in [0.25, 0.3) is 16.8 Å². The Morgan fingerprint density at radius 2 is 1.71 bits per heavy atom. The van der Waals surface area contributed by atoms with Gasteiger partial charge < -0.3 is 4.74 Å². The number of halogens is 2. The molecule has 1 aliphatic rings. The third-order valence-electron chi connectivity index (χ3n) is 4.91. The van der Waals surface area contributed by atoms with Crippen LogP contribution in [0, 0.1) is 7.14 Å². The molecule has 31 heavy (non-hydrogen) atoms. The number of thioether (sulfide) groups is 1. The number of rotatable bonds is 5. The molecule has 0 saturated carbocycles. The van der Waals surface area contributed by atoms with E-state index in [1.165, 1.54) is 15.7 Å². The molecule has 0 spiro atoms. The number of carbonyl (C=O) groups excluding carboxylic acids is 2. The number of carbonyl (C=O) groups is 2. The monoisotopic (exact) mass is 655 g/mol. The van der Waals surface area contributed by atoms with Crippen molar-refractivity contribution in [2.75, 3.05) is 0 Å². The minimum absolute atomic E-state index is 0.150. The Kier molecular flexibility index (Phi) is 6.92. The fourth-order valence-electron chi connectivity index (χ4n) is 3.45. The van der Waals surface area contributed by atoms with Crippen molar-refractivity contribution in [3.05, 3.63) is 77.8 Å². The van der Waals surface area contributed by atoms with Crippen molar-refractivity contribution in [3.63, 3.8) is 0 Å². The molecule has 3 aromatic rings. The Labute approximate surface area is 212 Å². The van der Waals surface area contributed by atoms with Gasteiger partial charge in [0.2, 0.25) is 0 Å². The maximum absolute atomic E-state index is 12.6. The fraction of sp³-hybridized carbons (Fsp3) is 0.167. The maximum Gasteiger partial charge on any atom is 0.293 e. The second kappa shape index (κ2) is 9.50. The predicted octanol–water partition coefficient (Wildman–Crippen LogP) is 7.07. The lowest BCUT2D eigenvalue weighted by atomic mass is 10.1. The van der Waals surface area contributed by atoms with Gasteiger partial charge in [-0.25, -0.2) is 0 Å². The summed E-state index contributed by atoms with van der Waals surface area (Å²) in [7, 11) is 0. The van der Waals surface area contributed by atoms with Gasteiger partial charge in [-0.05, 0) is 111 Å². The fourth-order valence-corrected chi connectivity index (χ4v) is 6.53. The minimum atomic E-state index is -0.230. The van der Waals surface area contributed by atoms with Crippen LogP contribution in [-0.4, -0.2) is 22.1 Å². The molecule has 0 atom stereocenters. The van der Waals surface area contributed by atoms with E-state index in [1.54, 1.807) is 6.08 Å². The van der Waals surface area contributed by atoms with E-state index in [-0.39, 0.29) is 17.2 Å². The molecule has 0 bridgehead atoms. The van der Waals surface area contributed by atoms with E-state index in [9.17, 15) is 9.59 Å². The van der Waals surface area contributed by atoms with E-state index in [0.29, 0.717) is 11.5 Å². The van der Waals surface area contributed by atoms with Crippen LogP contribution in [0.2, 0.25) is 0 Å². The molecule has 4 nitrogen and oxygen atoms in total. The van der Waals surface area contributed by atoms with Gasteiger partial charge in [0.25, 0.3) is 11.1 Å². The first kappa shape index (κ1) is 22.6. The van der Waals surface area contributed by atoms with Gasteiger partial charge in [0.15, 0.2) is 0 Å². The summed E-state index contributed by atoms with van der Waals surface area (Å²) in [5, 5.41) is 2.16. The highest BCUT2D eigenvalue weighted by atomic mass is 127. The van der Waals surface area contributed by atoms with Crippen molar-refractivity contribution in [2.24, 2.45) is 0 Å². The van der Waals surface area contributed by atoms with Crippen molar-refractivity contribution >= 4 is 84.9 Å². The largest absolute Gasteiger partial charge is 0.487 e. The van der Waals surface area contributed by atoms with E-state index >= 15 is 0 Å².